The minimum absolute atomic E-state index is 0.123. The van der Waals surface area contributed by atoms with E-state index >= 15 is 0 Å². The second-order valence-corrected chi connectivity index (χ2v) is 6.75. The van der Waals surface area contributed by atoms with Gasteiger partial charge in [0.05, 0.1) is 0 Å². The van der Waals surface area contributed by atoms with Crippen molar-refractivity contribution in [1.29, 1.82) is 0 Å². The van der Waals surface area contributed by atoms with Gasteiger partial charge in [0.1, 0.15) is 12.6 Å². The summed E-state index contributed by atoms with van der Waals surface area (Å²) in [5, 5.41) is 0. The van der Waals surface area contributed by atoms with Crippen LogP contribution in [0.4, 0.5) is 4.79 Å². The van der Waals surface area contributed by atoms with E-state index in [2.05, 4.69) is 0 Å². The summed E-state index contributed by atoms with van der Waals surface area (Å²) in [4.78, 5) is 26.8. The van der Waals surface area contributed by atoms with Crippen LogP contribution in [0.15, 0.2) is 60.7 Å². The summed E-state index contributed by atoms with van der Waals surface area (Å²) in [6.07, 6.45) is 0.0698. The highest BCUT2D eigenvalue weighted by Crippen LogP contribution is 2.31. The van der Waals surface area contributed by atoms with Crippen molar-refractivity contribution in [2.24, 2.45) is 11.8 Å². The van der Waals surface area contributed by atoms with Gasteiger partial charge in [-0.1, -0.05) is 74.5 Å². The van der Waals surface area contributed by atoms with Gasteiger partial charge >= 0.3 is 6.09 Å². The van der Waals surface area contributed by atoms with Gasteiger partial charge in [-0.15, -0.1) is 0 Å². The molecule has 4 heteroatoms. The van der Waals surface area contributed by atoms with Crippen LogP contribution in [0.1, 0.15) is 31.0 Å². The first kappa shape index (κ1) is 17.2. The molecule has 2 amide bonds. The molecule has 0 aromatic heterocycles. The van der Waals surface area contributed by atoms with Crippen LogP contribution in [0.25, 0.3) is 0 Å². The summed E-state index contributed by atoms with van der Waals surface area (Å²) >= 11 is 0. The van der Waals surface area contributed by atoms with Crippen molar-refractivity contribution in [3.63, 3.8) is 0 Å². The molecule has 4 nitrogen and oxygen atoms in total. The van der Waals surface area contributed by atoms with Crippen LogP contribution in [-0.4, -0.2) is 23.5 Å². The van der Waals surface area contributed by atoms with Gasteiger partial charge in [0.25, 0.3) is 0 Å². The average molecular weight is 337 g/mol. The third-order valence-electron chi connectivity index (χ3n) is 4.72. The van der Waals surface area contributed by atoms with Crippen molar-refractivity contribution >= 4 is 12.0 Å². The van der Waals surface area contributed by atoms with Crippen LogP contribution in [0, 0.1) is 11.8 Å². The minimum Gasteiger partial charge on any atom is -0.446 e. The maximum Gasteiger partial charge on any atom is 0.417 e. The number of cyclic esters (lactones) is 1. The molecule has 2 aromatic rings. The van der Waals surface area contributed by atoms with E-state index in [0.717, 1.165) is 11.1 Å². The summed E-state index contributed by atoms with van der Waals surface area (Å²) < 4.78 is 5.20. The number of ether oxygens (including phenoxy) is 1. The quantitative estimate of drug-likeness (QED) is 0.820. The third kappa shape index (κ3) is 3.73. The maximum atomic E-state index is 13.2. The van der Waals surface area contributed by atoms with Crippen LogP contribution in [0.3, 0.4) is 0 Å². The lowest BCUT2D eigenvalue weighted by Crippen LogP contribution is -2.41. The first-order valence-electron chi connectivity index (χ1n) is 8.66. The number of hydrogen-bond donors (Lipinski definition) is 0. The molecule has 0 unspecified atom stereocenters. The Labute approximate surface area is 148 Å². The molecule has 2 aromatic carbocycles. The minimum atomic E-state index is -0.544. The van der Waals surface area contributed by atoms with Gasteiger partial charge in [0.15, 0.2) is 0 Å². The summed E-state index contributed by atoms with van der Waals surface area (Å²) in [6.45, 7) is 4.25. The lowest BCUT2D eigenvalue weighted by atomic mass is 9.87. The third-order valence-corrected chi connectivity index (χ3v) is 4.72. The maximum absolute atomic E-state index is 13.2. The van der Waals surface area contributed by atoms with Crippen LogP contribution in [0.5, 0.6) is 0 Å². The fraction of sp³-hybridized carbons (Fsp3) is 0.333. The molecule has 3 rings (SSSR count). The highest BCUT2D eigenvalue weighted by Gasteiger charge is 2.42. The first-order chi connectivity index (χ1) is 12.1. The summed E-state index contributed by atoms with van der Waals surface area (Å²) in [7, 11) is 0. The van der Waals surface area contributed by atoms with Gasteiger partial charge in [-0.25, -0.2) is 9.69 Å². The van der Waals surface area contributed by atoms with Crippen molar-refractivity contribution in [3.05, 3.63) is 71.8 Å². The van der Waals surface area contributed by atoms with Crippen LogP contribution in [-0.2, 0) is 16.0 Å². The van der Waals surface area contributed by atoms with Crippen molar-refractivity contribution in [1.82, 2.24) is 4.90 Å². The predicted octanol–water partition coefficient (Wildman–Crippen LogP) is 4.22. The molecule has 130 valence electrons. The molecule has 2 atom stereocenters. The molecule has 1 aliphatic heterocycles. The topological polar surface area (TPSA) is 46.6 Å². The molecular formula is C21H23NO3. The van der Waals surface area contributed by atoms with E-state index < -0.39 is 6.09 Å². The van der Waals surface area contributed by atoms with E-state index in [4.69, 9.17) is 4.74 Å². The summed E-state index contributed by atoms with van der Waals surface area (Å²) in [6, 6.07) is 19.1. The Morgan fingerprint density at radius 2 is 1.68 bits per heavy atom. The standard InChI is InChI=1S/C21H23NO3/c1-15(2)18(13-16-9-5-3-6-10-16)20(23)22-19(14-25-21(22)24)17-11-7-4-8-12-17/h3-12,15,18-19H,13-14H2,1-2H3/t18-,19+/m1/s1. The van der Waals surface area contributed by atoms with Crippen molar-refractivity contribution in [2.45, 2.75) is 26.3 Å². The number of rotatable bonds is 5. The van der Waals surface area contributed by atoms with Gasteiger partial charge in [-0.3, -0.25) is 4.79 Å². The largest absolute Gasteiger partial charge is 0.446 e. The Morgan fingerprint density at radius 1 is 1.08 bits per heavy atom. The fourth-order valence-electron chi connectivity index (χ4n) is 3.24. The van der Waals surface area contributed by atoms with E-state index in [0.29, 0.717) is 6.42 Å². The Kier molecular flexibility index (Phi) is 5.17. The predicted molar refractivity (Wildman–Crippen MR) is 95.9 cm³/mol. The van der Waals surface area contributed by atoms with Crippen LogP contribution < -0.4 is 0 Å². The van der Waals surface area contributed by atoms with E-state index in [1.807, 2.05) is 74.5 Å². The molecule has 0 aliphatic carbocycles. The van der Waals surface area contributed by atoms with Crippen molar-refractivity contribution < 1.29 is 14.3 Å². The molecule has 25 heavy (non-hydrogen) atoms. The Hall–Kier alpha value is -2.62. The summed E-state index contributed by atoms with van der Waals surface area (Å²) in [5.74, 6) is -0.299. The highest BCUT2D eigenvalue weighted by atomic mass is 16.6. The Morgan fingerprint density at radius 3 is 2.28 bits per heavy atom. The monoisotopic (exact) mass is 337 g/mol. The lowest BCUT2D eigenvalue weighted by Gasteiger charge is -2.27. The van der Waals surface area contributed by atoms with Crippen molar-refractivity contribution in [3.8, 4) is 0 Å². The summed E-state index contributed by atoms with van der Waals surface area (Å²) in [5.41, 5.74) is 2.02. The van der Waals surface area contributed by atoms with Crippen LogP contribution in [0.2, 0.25) is 0 Å². The molecule has 1 heterocycles. The zero-order valence-electron chi connectivity index (χ0n) is 14.6. The van der Waals surface area contributed by atoms with E-state index in [1.54, 1.807) is 0 Å². The number of imide groups is 1. The van der Waals surface area contributed by atoms with E-state index in [9.17, 15) is 9.59 Å². The second-order valence-electron chi connectivity index (χ2n) is 6.75. The molecule has 0 saturated carbocycles. The molecule has 0 radical (unpaired) electrons. The molecular weight excluding hydrogens is 314 g/mol. The number of carbonyl (C=O) groups is 2. The molecule has 0 spiro atoms. The number of hydrogen-bond acceptors (Lipinski definition) is 3. The molecule has 1 saturated heterocycles. The second kappa shape index (κ2) is 7.51. The Balaban J connectivity index is 1.85. The molecule has 0 N–H and O–H groups in total. The van der Waals surface area contributed by atoms with E-state index in [1.165, 1.54) is 4.90 Å². The van der Waals surface area contributed by atoms with Gasteiger partial charge in [-0.2, -0.15) is 0 Å². The van der Waals surface area contributed by atoms with Gasteiger partial charge in [0, 0.05) is 5.92 Å². The van der Waals surface area contributed by atoms with Gasteiger partial charge in [0.2, 0.25) is 5.91 Å². The number of nitrogens with zero attached hydrogens (tertiary/aromatic N) is 1. The normalized spacial score (nSPS) is 18.3. The zero-order valence-corrected chi connectivity index (χ0v) is 14.6. The lowest BCUT2D eigenvalue weighted by molar-refractivity contribution is -0.134. The fourth-order valence-corrected chi connectivity index (χ4v) is 3.24. The molecule has 0 bridgehead atoms. The number of benzene rings is 2. The van der Waals surface area contributed by atoms with Gasteiger partial charge in [-0.05, 0) is 23.5 Å². The van der Waals surface area contributed by atoms with Crippen molar-refractivity contribution in [2.75, 3.05) is 6.61 Å². The highest BCUT2D eigenvalue weighted by molar-refractivity contribution is 5.95. The Bertz CT molecular complexity index is 727. The number of amides is 2. The SMILES string of the molecule is CC(C)[C@@H](Cc1ccccc1)C(=O)N1C(=O)OC[C@H]1c1ccccc1. The average Bonchev–Trinajstić information content (AvgIpc) is 3.02. The first-order valence-corrected chi connectivity index (χ1v) is 8.66. The zero-order chi connectivity index (χ0) is 17.8. The smallest absolute Gasteiger partial charge is 0.417 e. The molecule has 1 aliphatic rings. The molecule has 1 fully saturated rings. The van der Waals surface area contributed by atoms with E-state index in [-0.39, 0.29) is 30.4 Å². The van der Waals surface area contributed by atoms with Gasteiger partial charge < -0.3 is 4.74 Å². The number of carbonyl (C=O) groups excluding carboxylic acids is 2. The van der Waals surface area contributed by atoms with Crippen LogP contribution >= 0.6 is 0 Å².